The van der Waals surface area contributed by atoms with Crippen molar-refractivity contribution < 1.29 is 0 Å². The summed E-state index contributed by atoms with van der Waals surface area (Å²) in [6.07, 6.45) is 3.14. The summed E-state index contributed by atoms with van der Waals surface area (Å²) in [6.45, 7) is 0. The first-order chi connectivity index (χ1) is 6.35. The maximum atomic E-state index is 8.70. The molecule has 0 saturated heterocycles. The van der Waals surface area contributed by atoms with Gasteiger partial charge in [0.05, 0.1) is 28.9 Å². The van der Waals surface area contributed by atoms with Crippen LogP contribution in [-0.2, 0) is 0 Å². The highest BCUT2D eigenvalue weighted by Crippen LogP contribution is 2.10. The van der Waals surface area contributed by atoms with E-state index in [1.807, 2.05) is 12.1 Å². The Bertz CT molecular complexity index is 539. The summed E-state index contributed by atoms with van der Waals surface area (Å²) < 4.78 is 1.57. The van der Waals surface area contributed by atoms with Gasteiger partial charge in [-0.25, -0.2) is 4.52 Å². The molecule has 0 aliphatic heterocycles. The fourth-order valence-corrected chi connectivity index (χ4v) is 1.14. The maximum Gasteiger partial charge on any atom is 0.103 e. The van der Waals surface area contributed by atoms with Crippen molar-refractivity contribution in [2.75, 3.05) is 0 Å². The number of rotatable bonds is 0. The van der Waals surface area contributed by atoms with Gasteiger partial charge in [-0.3, -0.25) is 0 Å². The molecule has 0 bridgehead atoms. The monoisotopic (exact) mass is 168 g/mol. The van der Waals surface area contributed by atoms with Crippen molar-refractivity contribution in [3.63, 3.8) is 0 Å². The molecule has 4 heteroatoms. The van der Waals surface area contributed by atoms with Crippen molar-refractivity contribution in [2.24, 2.45) is 0 Å². The van der Waals surface area contributed by atoms with Crippen molar-refractivity contribution in [3.8, 4) is 12.1 Å². The number of aromatic nitrogens is 2. The van der Waals surface area contributed by atoms with Crippen molar-refractivity contribution in [3.05, 3.63) is 35.7 Å². The maximum absolute atomic E-state index is 8.70. The normalized spacial score (nSPS) is 9.38. The Morgan fingerprint density at radius 2 is 2.15 bits per heavy atom. The Labute approximate surface area is 74.3 Å². The third-order valence-electron chi connectivity index (χ3n) is 1.77. The molecule has 0 N–H and O–H groups in total. The standard InChI is InChI=1S/C9H4N4/c10-4-7-1-2-13-9(3-7)8(5-11)6-12-13/h1-3,6H. The highest BCUT2D eigenvalue weighted by Gasteiger charge is 2.02. The molecule has 2 heterocycles. The van der Waals surface area contributed by atoms with Crippen LogP contribution in [0.5, 0.6) is 0 Å². The lowest BCUT2D eigenvalue weighted by molar-refractivity contribution is 0.960. The molecule has 13 heavy (non-hydrogen) atoms. The number of hydrogen-bond donors (Lipinski definition) is 0. The lowest BCUT2D eigenvalue weighted by atomic mass is 10.2. The minimum absolute atomic E-state index is 0.483. The molecule has 0 aliphatic rings. The fraction of sp³-hybridized carbons (Fsp3) is 0. The minimum atomic E-state index is 0.483. The Morgan fingerprint density at radius 1 is 1.31 bits per heavy atom. The number of fused-ring (bicyclic) bond motifs is 1. The van der Waals surface area contributed by atoms with E-state index in [-0.39, 0.29) is 0 Å². The van der Waals surface area contributed by atoms with E-state index in [9.17, 15) is 0 Å². The molecule has 0 aliphatic carbocycles. The van der Waals surface area contributed by atoms with E-state index >= 15 is 0 Å². The fourth-order valence-electron chi connectivity index (χ4n) is 1.14. The van der Waals surface area contributed by atoms with E-state index in [0.717, 1.165) is 0 Å². The van der Waals surface area contributed by atoms with Crippen molar-refractivity contribution in [1.29, 1.82) is 10.5 Å². The summed E-state index contributed by atoms with van der Waals surface area (Å²) in [5.41, 5.74) is 1.68. The Balaban J connectivity index is 2.83. The van der Waals surface area contributed by atoms with Gasteiger partial charge in [0.25, 0.3) is 0 Å². The third-order valence-corrected chi connectivity index (χ3v) is 1.77. The zero-order chi connectivity index (χ0) is 9.26. The second-order valence-corrected chi connectivity index (χ2v) is 2.53. The van der Waals surface area contributed by atoms with E-state index < -0.39 is 0 Å². The molecule has 0 spiro atoms. The zero-order valence-electron chi connectivity index (χ0n) is 6.60. The SMILES string of the molecule is N#Cc1ccn2ncc(C#N)c2c1. The summed E-state index contributed by atoms with van der Waals surface area (Å²) in [6, 6.07) is 7.32. The average Bonchev–Trinajstić information content (AvgIpc) is 2.59. The van der Waals surface area contributed by atoms with Crippen molar-refractivity contribution in [2.45, 2.75) is 0 Å². The first-order valence-corrected chi connectivity index (χ1v) is 3.63. The smallest absolute Gasteiger partial charge is 0.103 e. The van der Waals surface area contributed by atoms with Gasteiger partial charge in [0.2, 0.25) is 0 Å². The second-order valence-electron chi connectivity index (χ2n) is 2.53. The Morgan fingerprint density at radius 3 is 2.85 bits per heavy atom. The molecule has 0 unspecified atom stereocenters. The summed E-state index contributed by atoms with van der Waals surface area (Å²) in [5, 5.41) is 21.3. The number of hydrogen-bond acceptors (Lipinski definition) is 3. The van der Waals surface area contributed by atoms with Crippen LogP contribution in [-0.4, -0.2) is 9.61 Å². The largest absolute Gasteiger partial charge is 0.240 e. The number of pyridine rings is 1. The van der Waals surface area contributed by atoms with Crippen LogP contribution in [0, 0.1) is 22.7 Å². The Kier molecular flexibility index (Phi) is 1.47. The molecule has 0 saturated carbocycles. The highest BCUT2D eigenvalue weighted by molar-refractivity contribution is 5.61. The summed E-state index contributed by atoms with van der Waals surface area (Å²) in [5.74, 6) is 0. The van der Waals surface area contributed by atoms with Gasteiger partial charge in [-0.15, -0.1) is 0 Å². The van der Waals surface area contributed by atoms with Gasteiger partial charge in [-0.1, -0.05) is 0 Å². The first-order valence-electron chi connectivity index (χ1n) is 3.63. The van der Waals surface area contributed by atoms with Crippen LogP contribution in [0.15, 0.2) is 24.5 Å². The highest BCUT2D eigenvalue weighted by atomic mass is 15.2. The third kappa shape index (κ3) is 1.02. The van der Waals surface area contributed by atoms with Crippen LogP contribution in [0.3, 0.4) is 0 Å². The zero-order valence-corrected chi connectivity index (χ0v) is 6.60. The van der Waals surface area contributed by atoms with Crippen LogP contribution >= 0.6 is 0 Å². The molecule has 0 radical (unpaired) electrons. The van der Waals surface area contributed by atoms with E-state index in [2.05, 4.69) is 5.10 Å². The van der Waals surface area contributed by atoms with E-state index in [4.69, 9.17) is 10.5 Å². The van der Waals surface area contributed by atoms with Crippen LogP contribution in [0.4, 0.5) is 0 Å². The summed E-state index contributed by atoms with van der Waals surface area (Å²) in [7, 11) is 0. The molecular weight excluding hydrogens is 164 g/mol. The van der Waals surface area contributed by atoms with Gasteiger partial charge >= 0.3 is 0 Å². The quantitative estimate of drug-likeness (QED) is 0.591. The number of nitrogens with zero attached hydrogens (tertiary/aromatic N) is 4. The summed E-state index contributed by atoms with van der Waals surface area (Å²) in [4.78, 5) is 0. The van der Waals surface area contributed by atoms with Crippen LogP contribution in [0.1, 0.15) is 11.1 Å². The predicted octanol–water partition coefficient (Wildman–Crippen LogP) is 1.08. The number of nitriles is 2. The molecule has 2 aromatic heterocycles. The molecule has 60 valence electrons. The second kappa shape index (κ2) is 2.62. The minimum Gasteiger partial charge on any atom is -0.240 e. The molecule has 0 aromatic carbocycles. The molecule has 2 rings (SSSR count). The molecule has 4 nitrogen and oxygen atoms in total. The van der Waals surface area contributed by atoms with Gasteiger partial charge in [0.1, 0.15) is 6.07 Å². The lowest BCUT2D eigenvalue weighted by Crippen LogP contribution is -1.86. The van der Waals surface area contributed by atoms with E-state index in [0.29, 0.717) is 16.6 Å². The molecule has 2 aromatic rings. The van der Waals surface area contributed by atoms with Crippen molar-refractivity contribution in [1.82, 2.24) is 9.61 Å². The van der Waals surface area contributed by atoms with Gasteiger partial charge in [0.15, 0.2) is 0 Å². The topological polar surface area (TPSA) is 64.9 Å². The van der Waals surface area contributed by atoms with Crippen LogP contribution in [0.25, 0.3) is 5.52 Å². The van der Waals surface area contributed by atoms with Crippen LogP contribution < -0.4 is 0 Å². The summed E-state index contributed by atoms with van der Waals surface area (Å²) >= 11 is 0. The van der Waals surface area contributed by atoms with Crippen LogP contribution in [0.2, 0.25) is 0 Å². The molecule has 0 fully saturated rings. The molecule has 0 atom stereocenters. The van der Waals surface area contributed by atoms with Gasteiger partial charge in [-0.2, -0.15) is 15.6 Å². The van der Waals surface area contributed by atoms with Gasteiger partial charge in [-0.05, 0) is 12.1 Å². The first kappa shape index (κ1) is 7.33. The van der Waals surface area contributed by atoms with Gasteiger partial charge in [0, 0.05) is 6.20 Å². The lowest BCUT2D eigenvalue weighted by Gasteiger charge is -1.92. The predicted molar refractivity (Wildman–Crippen MR) is 44.6 cm³/mol. The van der Waals surface area contributed by atoms with E-state index in [1.54, 1.807) is 22.8 Å². The van der Waals surface area contributed by atoms with E-state index in [1.165, 1.54) is 6.20 Å². The van der Waals surface area contributed by atoms with Gasteiger partial charge < -0.3 is 0 Å². The Hall–Kier alpha value is -2.33. The average molecular weight is 168 g/mol. The molecular formula is C9H4N4. The molecule has 0 amide bonds. The van der Waals surface area contributed by atoms with Crippen molar-refractivity contribution >= 4 is 5.52 Å².